The summed E-state index contributed by atoms with van der Waals surface area (Å²) in [5.41, 5.74) is 7.64. The molecule has 2 aromatic carbocycles. The number of rotatable bonds is 3. The SMILES string of the molecule is NCc1ccc(Br)cc1Oc1cccc2ncccc12. The number of nitrogens with two attached hydrogens (primary N) is 1. The number of halogens is 1. The van der Waals surface area contributed by atoms with Crippen molar-refractivity contribution in [3.63, 3.8) is 0 Å². The van der Waals surface area contributed by atoms with Crippen LogP contribution < -0.4 is 10.5 Å². The molecule has 0 saturated carbocycles. The number of hydrogen-bond acceptors (Lipinski definition) is 3. The standard InChI is InChI=1S/C16H13BrN2O/c17-12-7-6-11(10-18)16(9-12)20-15-5-1-4-14-13(15)3-2-8-19-14/h1-9H,10,18H2. The number of fused-ring (bicyclic) bond motifs is 1. The van der Waals surface area contributed by atoms with E-state index >= 15 is 0 Å². The van der Waals surface area contributed by atoms with Crippen LogP contribution in [-0.4, -0.2) is 4.98 Å². The smallest absolute Gasteiger partial charge is 0.136 e. The van der Waals surface area contributed by atoms with E-state index in [-0.39, 0.29) is 0 Å². The van der Waals surface area contributed by atoms with Crippen LogP contribution in [-0.2, 0) is 6.54 Å². The maximum atomic E-state index is 6.04. The third kappa shape index (κ3) is 2.53. The summed E-state index contributed by atoms with van der Waals surface area (Å²) in [6.07, 6.45) is 1.77. The van der Waals surface area contributed by atoms with E-state index in [9.17, 15) is 0 Å². The van der Waals surface area contributed by atoms with Crippen LogP contribution in [0, 0.1) is 0 Å². The number of aromatic nitrogens is 1. The van der Waals surface area contributed by atoms with Crippen molar-refractivity contribution in [3.05, 3.63) is 64.8 Å². The molecule has 0 saturated heterocycles. The van der Waals surface area contributed by atoms with Gasteiger partial charge in [0.15, 0.2) is 0 Å². The van der Waals surface area contributed by atoms with Crippen LogP contribution in [0.3, 0.4) is 0 Å². The Morgan fingerprint density at radius 1 is 1.05 bits per heavy atom. The van der Waals surface area contributed by atoms with E-state index < -0.39 is 0 Å². The third-order valence-corrected chi connectivity index (χ3v) is 3.57. The highest BCUT2D eigenvalue weighted by atomic mass is 79.9. The van der Waals surface area contributed by atoms with Gasteiger partial charge >= 0.3 is 0 Å². The van der Waals surface area contributed by atoms with Crippen molar-refractivity contribution in [2.24, 2.45) is 5.73 Å². The van der Waals surface area contributed by atoms with Crippen LogP contribution in [0.25, 0.3) is 10.9 Å². The summed E-state index contributed by atoms with van der Waals surface area (Å²) in [7, 11) is 0. The highest BCUT2D eigenvalue weighted by Crippen LogP contribution is 2.32. The Hall–Kier alpha value is -1.91. The van der Waals surface area contributed by atoms with Gasteiger partial charge in [-0.15, -0.1) is 0 Å². The second-order valence-electron chi connectivity index (χ2n) is 4.38. The molecule has 3 aromatic rings. The van der Waals surface area contributed by atoms with E-state index in [1.165, 1.54) is 0 Å². The maximum absolute atomic E-state index is 6.04. The number of hydrogen-bond donors (Lipinski definition) is 1. The Morgan fingerprint density at radius 2 is 1.95 bits per heavy atom. The first-order valence-corrected chi connectivity index (χ1v) is 7.07. The van der Waals surface area contributed by atoms with Gasteiger partial charge in [-0.1, -0.05) is 28.1 Å². The molecule has 0 radical (unpaired) electrons. The average molecular weight is 329 g/mol. The Kier molecular flexibility index (Phi) is 3.67. The number of pyridine rings is 1. The lowest BCUT2D eigenvalue weighted by Gasteiger charge is -2.12. The van der Waals surface area contributed by atoms with Gasteiger partial charge in [-0.25, -0.2) is 0 Å². The van der Waals surface area contributed by atoms with Crippen LogP contribution in [0.2, 0.25) is 0 Å². The first-order valence-electron chi connectivity index (χ1n) is 6.28. The topological polar surface area (TPSA) is 48.1 Å². The van der Waals surface area contributed by atoms with Gasteiger partial charge in [0.25, 0.3) is 0 Å². The number of benzene rings is 2. The molecule has 3 nitrogen and oxygen atoms in total. The van der Waals surface area contributed by atoms with Crippen LogP contribution >= 0.6 is 15.9 Å². The summed E-state index contributed by atoms with van der Waals surface area (Å²) in [5, 5.41) is 0.984. The molecule has 0 unspecified atom stereocenters. The van der Waals surface area contributed by atoms with E-state index in [2.05, 4.69) is 20.9 Å². The van der Waals surface area contributed by atoms with Crippen molar-refractivity contribution in [1.29, 1.82) is 0 Å². The van der Waals surface area contributed by atoms with Gasteiger partial charge in [-0.2, -0.15) is 0 Å². The van der Waals surface area contributed by atoms with Crippen LogP contribution in [0.5, 0.6) is 11.5 Å². The van der Waals surface area contributed by atoms with Crippen molar-refractivity contribution in [3.8, 4) is 11.5 Å². The van der Waals surface area contributed by atoms with Crippen molar-refractivity contribution in [2.75, 3.05) is 0 Å². The molecule has 0 spiro atoms. The minimum absolute atomic E-state index is 0.436. The molecule has 3 rings (SSSR count). The Labute approximate surface area is 125 Å². The normalized spacial score (nSPS) is 10.7. The van der Waals surface area contributed by atoms with E-state index in [1.54, 1.807) is 6.20 Å². The van der Waals surface area contributed by atoms with E-state index in [0.29, 0.717) is 6.54 Å². The van der Waals surface area contributed by atoms with E-state index in [4.69, 9.17) is 10.5 Å². The van der Waals surface area contributed by atoms with Gasteiger partial charge in [-0.3, -0.25) is 4.98 Å². The quantitative estimate of drug-likeness (QED) is 0.781. The lowest BCUT2D eigenvalue weighted by Crippen LogP contribution is -1.99. The molecule has 0 aliphatic carbocycles. The van der Waals surface area contributed by atoms with Crippen molar-refractivity contribution < 1.29 is 4.74 Å². The minimum Gasteiger partial charge on any atom is -0.456 e. The first kappa shape index (κ1) is 13.1. The molecule has 2 N–H and O–H groups in total. The van der Waals surface area contributed by atoms with Crippen LogP contribution in [0.15, 0.2) is 59.2 Å². The predicted molar refractivity (Wildman–Crippen MR) is 83.9 cm³/mol. The maximum Gasteiger partial charge on any atom is 0.136 e. The molecule has 0 atom stereocenters. The van der Waals surface area contributed by atoms with Gasteiger partial charge in [0.05, 0.1) is 5.52 Å². The Morgan fingerprint density at radius 3 is 2.80 bits per heavy atom. The molecule has 100 valence electrons. The molecule has 0 bridgehead atoms. The molecule has 0 fully saturated rings. The molecule has 0 aliphatic rings. The molecule has 0 amide bonds. The van der Waals surface area contributed by atoms with E-state index in [0.717, 1.165) is 32.4 Å². The summed E-state index contributed by atoms with van der Waals surface area (Å²) in [5.74, 6) is 1.54. The first-order chi connectivity index (χ1) is 9.78. The zero-order chi connectivity index (χ0) is 13.9. The highest BCUT2D eigenvalue weighted by Gasteiger charge is 2.07. The van der Waals surface area contributed by atoms with Crippen molar-refractivity contribution in [2.45, 2.75) is 6.54 Å². The van der Waals surface area contributed by atoms with Crippen LogP contribution in [0.1, 0.15) is 5.56 Å². The largest absolute Gasteiger partial charge is 0.456 e. The van der Waals surface area contributed by atoms with Gasteiger partial charge in [0.2, 0.25) is 0 Å². The third-order valence-electron chi connectivity index (χ3n) is 3.07. The molecular formula is C16H13BrN2O. The lowest BCUT2D eigenvalue weighted by atomic mass is 10.2. The summed E-state index contributed by atoms with van der Waals surface area (Å²) in [4.78, 5) is 4.33. The predicted octanol–water partition coefficient (Wildman–Crippen LogP) is 4.25. The minimum atomic E-state index is 0.436. The lowest BCUT2D eigenvalue weighted by molar-refractivity contribution is 0.481. The molecule has 1 heterocycles. The molecule has 0 aliphatic heterocycles. The zero-order valence-corrected chi connectivity index (χ0v) is 12.3. The number of nitrogens with zero attached hydrogens (tertiary/aromatic N) is 1. The van der Waals surface area contributed by atoms with Gasteiger partial charge in [0.1, 0.15) is 11.5 Å². The van der Waals surface area contributed by atoms with Gasteiger partial charge in [-0.05, 0) is 36.4 Å². The van der Waals surface area contributed by atoms with E-state index in [1.807, 2.05) is 48.5 Å². The summed E-state index contributed by atoms with van der Waals surface area (Å²) in [6.45, 7) is 0.436. The zero-order valence-electron chi connectivity index (χ0n) is 10.7. The summed E-state index contributed by atoms with van der Waals surface area (Å²) in [6, 6.07) is 15.6. The number of ether oxygens (including phenoxy) is 1. The molecule has 20 heavy (non-hydrogen) atoms. The van der Waals surface area contributed by atoms with Gasteiger partial charge in [0, 0.05) is 28.2 Å². The fourth-order valence-electron chi connectivity index (χ4n) is 2.07. The molecule has 1 aromatic heterocycles. The Bertz CT molecular complexity index is 753. The summed E-state index contributed by atoms with van der Waals surface area (Å²) < 4.78 is 7.01. The summed E-state index contributed by atoms with van der Waals surface area (Å²) >= 11 is 3.46. The second-order valence-corrected chi connectivity index (χ2v) is 5.30. The fraction of sp³-hybridized carbons (Fsp3) is 0.0625. The Balaban J connectivity index is 2.07. The average Bonchev–Trinajstić information content (AvgIpc) is 2.48. The van der Waals surface area contributed by atoms with Crippen LogP contribution in [0.4, 0.5) is 0 Å². The van der Waals surface area contributed by atoms with Gasteiger partial charge < -0.3 is 10.5 Å². The second kappa shape index (κ2) is 5.61. The fourth-order valence-corrected chi connectivity index (χ4v) is 2.41. The van der Waals surface area contributed by atoms with Crippen molar-refractivity contribution >= 4 is 26.8 Å². The highest BCUT2D eigenvalue weighted by molar-refractivity contribution is 9.10. The molecular weight excluding hydrogens is 316 g/mol. The molecule has 4 heteroatoms. The van der Waals surface area contributed by atoms with Crippen molar-refractivity contribution in [1.82, 2.24) is 4.98 Å². The monoisotopic (exact) mass is 328 g/mol.